The summed E-state index contributed by atoms with van der Waals surface area (Å²) in [6, 6.07) is 10.1. The number of aromatic nitrogens is 3. The lowest BCUT2D eigenvalue weighted by molar-refractivity contribution is -0.116. The Balaban J connectivity index is 1.66. The van der Waals surface area contributed by atoms with Crippen LogP contribution in [0.5, 0.6) is 11.5 Å². The van der Waals surface area contributed by atoms with Gasteiger partial charge in [0.1, 0.15) is 12.4 Å². The quantitative estimate of drug-likeness (QED) is 0.538. The van der Waals surface area contributed by atoms with Crippen LogP contribution in [-0.4, -0.2) is 41.0 Å². The Morgan fingerprint density at radius 1 is 1.03 bits per heavy atom. The van der Waals surface area contributed by atoms with Crippen molar-refractivity contribution in [1.29, 1.82) is 0 Å². The van der Waals surface area contributed by atoms with Gasteiger partial charge in [0.2, 0.25) is 5.91 Å². The van der Waals surface area contributed by atoms with Crippen molar-refractivity contribution >= 4 is 29.0 Å². The van der Waals surface area contributed by atoms with Gasteiger partial charge in [-0.2, -0.15) is 0 Å². The zero-order valence-electron chi connectivity index (χ0n) is 16.2. The van der Waals surface area contributed by atoms with Crippen LogP contribution in [-0.2, 0) is 11.3 Å². The third kappa shape index (κ3) is 4.63. The summed E-state index contributed by atoms with van der Waals surface area (Å²) in [5, 5.41) is 12.7. The Morgan fingerprint density at radius 2 is 1.70 bits per heavy atom. The predicted octanol–water partition coefficient (Wildman–Crippen LogP) is 1.91. The number of carbonyl (C=O) groups is 2. The Morgan fingerprint density at radius 3 is 2.37 bits per heavy atom. The molecule has 4 N–H and O–H groups in total. The third-order valence-corrected chi connectivity index (χ3v) is 4.05. The second kappa shape index (κ2) is 8.90. The number of nitrogens with two attached hydrogens (primary N) is 1. The van der Waals surface area contributed by atoms with Crippen LogP contribution in [0.25, 0.3) is 0 Å². The highest BCUT2D eigenvalue weighted by molar-refractivity contribution is 6.05. The molecule has 3 rings (SSSR count). The number of benzene rings is 2. The lowest BCUT2D eigenvalue weighted by Crippen LogP contribution is -2.21. The lowest BCUT2D eigenvalue weighted by atomic mass is 10.2. The van der Waals surface area contributed by atoms with Gasteiger partial charge in [-0.1, -0.05) is 5.21 Å². The average molecular weight is 414 g/mol. The number of rotatable bonds is 7. The van der Waals surface area contributed by atoms with Crippen molar-refractivity contribution in [2.45, 2.75) is 6.54 Å². The number of nitrogens with zero attached hydrogens (tertiary/aromatic N) is 3. The molecule has 0 fully saturated rings. The molecule has 0 spiro atoms. The highest BCUT2D eigenvalue weighted by Crippen LogP contribution is 2.29. The normalized spacial score (nSPS) is 10.4. The van der Waals surface area contributed by atoms with Crippen LogP contribution in [0.1, 0.15) is 10.5 Å². The summed E-state index contributed by atoms with van der Waals surface area (Å²) in [6.07, 6.45) is 0. The standard InChI is InChI=1S/C19H19FN6O4/c1-29-14-8-7-13(9-15(14)30-2)22-16(27)10-26-18(21)17(24-25-26)19(28)23-12-5-3-11(20)4-6-12/h3-9H,10,21H2,1-2H3,(H,22,27)(H,23,28). The fourth-order valence-corrected chi connectivity index (χ4v) is 2.57. The van der Waals surface area contributed by atoms with E-state index in [2.05, 4.69) is 20.9 Å². The molecule has 1 aromatic heterocycles. The molecule has 0 saturated heterocycles. The molecule has 0 saturated carbocycles. The summed E-state index contributed by atoms with van der Waals surface area (Å²) >= 11 is 0. The molecule has 0 aliphatic rings. The monoisotopic (exact) mass is 414 g/mol. The maximum atomic E-state index is 13.0. The predicted molar refractivity (Wildman–Crippen MR) is 107 cm³/mol. The van der Waals surface area contributed by atoms with Gasteiger partial charge in [-0.25, -0.2) is 9.07 Å². The van der Waals surface area contributed by atoms with Crippen molar-refractivity contribution in [2.75, 3.05) is 30.6 Å². The molecule has 0 unspecified atom stereocenters. The second-order valence-electron chi connectivity index (χ2n) is 6.06. The third-order valence-electron chi connectivity index (χ3n) is 4.05. The molecular weight excluding hydrogens is 395 g/mol. The molecule has 1 heterocycles. The summed E-state index contributed by atoms with van der Waals surface area (Å²) in [7, 11) is 2.99. The van der Waals surface area contributed by atoms with E-state index in [4.69, 9.17) is 15.2 Å². The number of anilines is 3. The minimum absolute atomic E-state index is 0.0860. The van der Waals surface area contributed by atoms with E-state index in [1.807, 2.05) is 0 Å². The van der Waals surface area contributed by atoms with E-state index in [0.29, 0.717) is 22.9 Å². The zero-order chi connectivity index (χ0) is 21.7. The molecular formula is C19H19FN6O4. The number of methoxy groups -OCH3 is 2. The van der Waals surface area contributed by atoms with Crippen LogP contribution < -0.4 is 25.8 Å². The fraction of sp³-hybridized carbons (Fsp3) is 0.158. The van der Waals surface area contributed by atoms with Crippen molar-refractivity contribution in [3.05, 3.63) is 54.0 Å². The second-order valence-corrected chi connectivity index (χ2v) is 6.06. The number of amides is 2. The number of hydrogen-bond acceptors (Lipinski definition) is 7. The van der Waals surface area contributed by atoms with Gasteiger partial charge < -0.3 is 25.8 Å². The van der Waals surface area contributed by atoms with E-state index in [0.717, 1.165) is 4.68 Å². The first-order chi connectivity index (χ1) is 14.4. The summed E-state index contributed by atoms with van der Waals surface area (Å²) in [5.74, 6) is -0.617. The molecule has 0 atom stereocenters. The highest BCUT2D eigenvalue weighted by atomic mass is 19.1. The molecule has 0 radical (unpaired) electrons. The first-order valence-corrected chi connectivity index (χ1v) is 8.69. The van der Waals surface area contributed by atoms with Gasteiger partial charge in [0, 0.05) is 17.4 Å². The number of ether oxygens (including phenoxy) is 2. The molecule has 0 aliphatic carbocycles. The van der Waals surface area contributed by atoms with E-state index < -0.39 is 17.6 Å². The van der Waals surface area contributed by atoms with Crippen LogP contribution in [0, 0.1) is 5.82 Å². The maximum Gasteiger partial charge on any atom is 0.280 e. The minimum atomic E-state index is -0.634. The van der Waals surface area contributed by atoms with Crippen molar-refractivity contribution in [3.63, 3.8) is 0 Å². The average Bonchev–Trinajstić information content (AvgIpc) is 3.09. The van der Waals surface area contributed by atoms with E-state index in [9.17, 15) is 14.0 Å². The van der Waals surface area contributed by atoms with Gasteiger partial charge in [-0.15, -0.1) is 5.10 Å². The van der Waals surface area contributed by atoms with Gasteiger partial charge in [0.05, 0.1) is 14.2 Å². The van der Waals surface area contributed by atoms with E-state index >= 15 is 0 Å². The van der Waals surface area contributed by atoms with Crippen molar-refractivity contribution in [2.24, 2.45) is 0 Å². The SMILES string of the molecule is COc1ccc(NC(=O)Cn2nnc(C(=O)Nc3ccc(F)cc3)c2N)cc1OC. The van der Waals surface area contributed by atoms with Crippen molar-refractivity contribution in [3.8, 4) is 11.5 Å². The molecule has 0 bridgehead atoms. The maximum absolute atomic E-state index is 13.0. The molecule has 3 aromatic rings. The Bertz CT molecular complexity index is 1070. The first-order valence-electron chi connectivity index (χ1n) is 8.69. The molecule has 156 valence electrons. The zero-order valence-corrected chi connectivity index (χ0v) is 16.2. The summed E-state index contributed by atoms with van der Waals surface area (Å²) in [4.78, 5) is 24.6. The number of halogens is 1. The van der Waals surface area contributed by atoms with E-state index in [-0.39, 0.29) is 18.1 Å². The smallest absolute Gasteiger partial charge is 0.280 e. The van der Waals surface area contributed by atoms with Crippen LogP contribution in [0.2, 0.25) is 0 Å². The van der Waals surface area contributed by atoms with Crippen LogP contribution in [0.15, 0.2) is 42.5 Å². The van der Waals surface area contributed by atoms with Gasteiger partial charge in [0.25, 0.3) is 5.91 Å². The van der Waals surface area contributed by atoms with Gasteiger partial charge in [-0.05, 0) is 36.4 Å². The fourth-order valence-electron chi connectivity index (χ4n) is 2.57. The van der Waals surface area contributed by atoms with Crippen LogP contribution in [0.4, 0.5) is 21.6 Å². The van der Waals surface area contributed by atoms with Crippen LogP contribution in [0.3, 0.4) is 0 Å². The largest absolute Gasteiger partial charge is 0.493 e. The summed E-state index contributed by atoms with van der Waals surface area (Å²) in [6.45, 7) is -0.267. The van der Waals surface area contributed by atoms with Gasteiger partial charge >= 0.3 is 0 Å². The molecule has 30 heavy (non-hydrogen) atoms. The Labute approximate surface area is 170 Å². The Hall–Kier alpha value is -4.15. The first kappa shape index (κ1) is 20.6. The van der Waals surface area contributed by atoms with E-state index in [1.165, 1.54) is 38.5 Å². The highest BCUT2D eigenvalue weighted by Gasteiger charge is 2.19. The summed E-state index contributed by atoms with van der Waals surface area (Å²) in [5.41, 5.74) is 6.59. The van der Waals surface area contributed by atoms with Gasteiger partial charge in [-0.3, -0.25) is 9.59 Å². The molecule has 2 aromatic carbocycles. The number of nitrogen functional groups attached to an aromatic ring is 1. The van der Waals surface area contributed by atoms with Gasteiger partial charge in [0.15, 0.2) is 23.0 Å². The molecule has 0 aliphatic heterocycles. The van der Waals surface area contributed by atoms with Crippen molar-refractivity contribution < 1.29 is 23.5 Å². The topological polar surface area (TPSA) is 133 Å². The summed E-state index contributed by atoms with van der Waals surface area (Å²) < 4.78 is 24.4. The Kier molecular flexibility index (Phi) is 6.11. The van der Waals surface area contributed by atoms with Crippen molar-refractivity contribution in [1.82, 2.24) is 15.0 Å². The number of carbonyl (C=O) groups excluding carboxylic acids is 2. The number of nitrogens with one attached hydrogen (secondary N) is 2. The van der Waals surface area contributed by atoms with E-state index in [1.54, 1.807) is 18.2 Å². The lowest BCUT2D eigenvalue weighted by Gasteiger charge is -2.11. The van der Waals surface area contributed by atoms with Crippen LogP contribution >= 0.6 is 0 Å². The molecule has 10 nitrogen and oxygen atoms in total. The number of hydrogen-bond donors (Lipinski definition) is 3. The molecule has 11 heteroatoms. The molecule has 2 amide bonds. The minimum Gasteiger partial charge on any atom is -0.493 e.